The van der Waals surface area contributed by atoms with Gasteiger partial charge in [-0.05, 0) is 18.6 Å². The van der Waals surface area contributed by atoms with Crippen molar-refractivity contribution in [1.82, 2.24) is 0 Å². The molecule has 2 N–H and O–H groups in total. The maximum absolute atomic E-state index is 11.4. The molecule has 0 aromatic heterocycles. The first kappa shape index (κ1) is 8.78. The smallest absolute Gasteiger partial charge is 0.164 e. The second kappa shape index (κ2) is 3.90. The van der Waals surface area contributed by atoms with Gasteiger partial charge in [0, 0.05) is 17.7 Å². The number of para-hydroxylation sites is 1. The Balaban J connectivity index is 2.87. The Bertz CT molecular complexity index is 281. The van der Waals surface area contributed by atoms with Crippen molar-refractivity contribution in [2.45, 2.75) is 19.8 Å². The van der Waals surface area contributed by atoms with Crippen LogP contribution in [0.15, 0.2) is 24.3 Å². The van der Waals surface area contributed by atoms with E-state index in [0.717, 1.165) is 6.42 Å². The van der Waals surface area contributed by atoms with Crippen molar-refractivity contribution in [1.29, 1.82) is 0 Å². The minimum atomic E-state index is 0.135. The summed E-state index contributed by atoms with van der Waals surface area (Å²) in [5.74, 6) is 0.135. The molecule has 2 nitrogen and oxygen atoms in total. The predicted molar refractivity (Wildman–Crippen MR) is 50.1 cm³/mol. The average Bonchev–Trinajstić information content (AvgIpc) is 2.05. The lowest BCUT2D eigenvalue weighted by molar-refractivity contribution is 0.0982. The van der Waals surface area contributed by atoms with E-state index in [1.54, 1.807) is 12.1 Å². The zero-order valence-electron chi connectivity index (χ0n) is 7.21. The quantitative estimate of drug-likeness (QED) is 0.548. The molecule has 2 heteroatoms. The van der Waals surface area contributed by atoms with Gasteiger partial charge in [0.1, 0.15) is 0 Å². The van der Waals surface area contributed by atoms with E-state index in [9.17, 15) is 4.79 Å². The van der Waals surface area contributed by atoms with E-state index in [1.165, 1.54) is 0 Å². The fraction of sp³-hybridized carbons (Fsp3) is 0.300. The summed E-state index contributed by atoms with van der Waals surface area (Å²) < 4.78 is 0. The molecule has 1 rings (SSSR count). The van der Waals surface area contributed by atoms with Gasteiger partial charge in [0.25, 0.3) is 0 Å². The maximum Gasteiger partial charge on any atom is 0.164 e. The van der Waals surface area contributed by atoms with Crippen LogP contribution >= 0.6 is 0 Å². The van der Waals surface area contributed by atoms with Gasteiger partial charge in [0.15, 0.2) is 5.78 Å². The minimum Gasteiger partial charge on any atom is -0.398 e. The molecule has 64 valence electrons. The highest BCUT2D eigenvalue weighted by Gasteiger charge is 2.06. The number of ketones is 1. The molecule has 0 heterocycles. The van der Waals surface area contributed by atoms with Crippen molar-refractivity contribution >= 4 is 11.5 Å². The molecule has 0 fully saturated rings. The molecule has 0 spiro atoms. The van der Waals surface area contributed by atoms with Crippen LogP contribution in [0.25, 0.3) is 0 Å². The van der Waals surface area contributed by atoms with Gasteiger partial charge in [-0.3, -0.25) is 4.79 Å². The topological polar surface area (TPSA) is 43.1 Å². The highest BCUT2D eigenvalue weighted by Crippen LogP contribution is 2.13. The summed E-state index contributed by atoms with van der Waals surface area (Å²) in [6.45, 7) is 1.98. The van der Waals surface area contributed by atoms with Crippen molar-refractivity contribution < 1.29 is 4.79 Å². The molecule has 1 aromatic rings. The molecule has 12 heavy (non-hydrogen) atoms. The average molecular weight is 163 g/mol. The van der Waals surface area contributed by atoms with Gasteiger partial charge in [-0.1, -0.05) is 19.1 Å². The zero-order valence-corrected chi connectivity index (χ0v) is 7.21. The molecule has 0 radical (unpaired) electrons. The van der Waals surface area contributed by atoms with E-state index in [1.807, 2.05) is 19.1 Å². The molecule has 1 aromatic carbocycles. The molecule has 0 aliphatic heterocycles. The van der Waals surface area contributed by atoms with Crippen LogP contribution in [0, 0.1) is 0 Å². The number of carbonyl (C=O) groups excluding carboxylic acids is 1. The number of anilines is 1. The van der Waals surface area contributed by atoms with Gasteiger partial charge in [0.05, 0.1) is 0 Å². The normalized spacial score (nSPS) is 9.75. The van der Waals surface area contributed by atoms with E-state index in [0.29, 0.717) is 17.7 Å². The Morgan fingerprint density at radius 1 is 1.42 bits per heavy atom. The standard InChI is InChI=1S/C10H13NO/c1-2-5-10(12)8-6-3-4-7-9(8)11/h3-4,6-7H,2,5,11H2,1H3. The molecule has 0 aliphatic carbocycles. The number of hydrogen-bond donors (Lipinski definition) is 1. The molecule has 0 unspecified atom stereocenters. The minimum absolute atomic E-state index is 0.135. The van der Waals surface area contributed by atoms with Crippen LogP contribution in [-0.4, -0.2) is 5.78 Å². The van der Waals surface area contributed by atoms with Crippen molar-refractivity contribution in [3.63, 3.8) is 0 Å². The number of benzene rings is 1. The van der Waals surface area contributed by atoms with Gasteiger partial charge in [-0.15, -0.1) is 0 Å². The van der Waals surface area contributed by atoms with E-state index in [-0.39, 0.29) is 5.78 Å². The summed E-state index contributed by atoms with van der Waals surface area (Å²) in [7, 11) is 0. The Labute approximate surface area is 72.4 Å². The molecular formula is C10H13NO. The van der Waals surface area contributed by atoms with Crippen LogP contribution in [0.5, 0.6) is 0 Å². The number of rotatable bonds is 3. The van der Waals surface area contributed by atoms with Gasteiger partial charge >= 0.3 is 0 Å². The maximum atomic E-state index is 11.4. The molecule has 0 bridgehead atoms. The summed E-state index contributed by atoms with van der Waals surface area (Å²) >= 11 is 0. The fourth-order valence-electron chi connectivity index (χ4n) is 1.11. The summed E-state index contributed by atoms with van der Waals surface area (Å²) in [5.41, 5.74) is 6.86. The van der Waals surface area contributed by atoms with Crippen molar-refractivity contribution in [3.05, 3.63) is 29.8 Å². The molecular weight excluding hydrogens is 150 g/mol. The van der Waals surface area contributed by atoms with Gasteiger partial charge in [-0.2, -0.15) is 0 Å². The molecule has 0 saturated carbocycles. The second-order valence-electron chi connectivity index (χ2n) is 2.76. The fourth-order valence-corrected chi connectivity index (χ4v) is 1.11. The monoisotopic (exact) mass is 163 g/mol. The Kier molecular flexibility index (Phi) is 2.86. The first-order valence-corrected chi connectivity index (χ1v) is 4.13. The van der Waals surface area contributed by atoms with Crippen LogP contribution in [-0.2, 0) is 0 Å². The predicted octanol–water partition coefficient (Wildman–Crippen LogP) is 2.25. The Morgan fingerprint density at radius 2 is 2.08 bits per heavy atom. The van der Waals surface area contributed by atoms with Crippen molar-refractivity contribution in [3.8, 4) is 0 Å². The van der Waals surface area contributed by atoms with Gasteiger partial charge in [-0.25, -0.2) is 0 Å². The SMILES string of the molecule is CCCC(=O)c1ccccc1N. The third-order valence-corrected chi connectivity index (χ3v) is 1.74. The molecule has 0 atom stereocenters. The van der Waals surface area contributed by atoms with Crippen LogP contribution < -0.4 is 5.73 Å². The summed E-state index contributed by atoms with van der Waals surface area (Å²) in [6, 6.07) is 7.19. The van der Waals surface area contributed by atoms with E-state index < -0.39 is 0 Å². The third-order valence-electron chi connectivity index (χ3n) is 1.74. The molecule has 0 aliphatic rings. The Hall–Kier alpha value is -1.31. The van der Waals surface area contributed by atoms with Crippen LogP contribution in [0.3, 0.4) is 0 Å². The number of nitrogen functional groups attached to an aromatic ring is 1. The van der Waals surface area contributed by atoms with Gasteiger partial charge in [0.2, 0.25) is 0 Å². The number of nitrogens with two attached hydrogens (primary N) is 1. The largest absolute Gasteiger partial charge is 0.398 e. The van der Waals surface area contributed by atoms with E-state index in [2.05, 4.69) is 0 Å². The molecule has 0 saturated heterocycles. The molecule has 0 amide bonds. The van der Waals surface area contributed by atoms with Gasteiger partial charge < -0.3 is 5.73 Å². The van der Waals surface area contributed by atoms with E-state index in [4.69, 9.17) is 5.73 Å². The number of hydrogen-bond acceptors (Lipinski definition) is 2. The third kappa shape index (κ3) is 1.84. The van der Waals surface area contributed by atoms with Crippen molar-refractivity contribution in [2.24, 2.45) is 0 Å². The lowest BCUT2D eigenvalue weighted by Gasteiger charge is -2.01. The van der Waals surface area contributed by atoms with Crippen LogP contribution in [0.2, 0.25) is 0 Å². The number of Topliss-reactive ketones (excluding diaryl/α,β-unsaturated/α-hetero) is 1. The summed E-state index contributed by atoms with van der Waals surface area (Å²) in [4.78, 5) is 11.4. The highest BCUT2D eigenvalue weighted by atomic mass is 16.1. The lowest BCUT2D eigenvalue weighted by atomic mass is 10.1. The van der Waals surface area contributed by atoms with Crippen LogP contribution in [0.4, 0.5) is 5.69 Å². The lowest BCUT2D eigenvalue weighted by Crippen LogP contribution is -2.02. The summed E-state index contributed by atoms with van der Waals surface area (Å²) in [6.07, 6.45) is 1.45. The van der Waals surface area contributed by atoms with E-state index >= 15 is 0 Å². The second-order valence-corrected chi connectivity index (χ2v) is 2.76. The summed E-state index contributed by atoms with van der Waals surface area (Å²) in [5, 5.41) is 0. The Morgan fingerprint density at radius 3 is 2.67 bits per heavy atom. The van der Waals surface area contributed by atoms with Crippen molar-refractivity contribution in [2.75, 3.05) is 5.73 Å². The van der Waals surface area contributed by atoms with Crippen LogP contribution in [0.1, 0.15) is 30.1 Å². The number of carbonyl (C=O) groups is 1. The highest BCUT2D eigenvalue weighted by molar-refractivity contribution is 6.00. The zero-order chi connectivity index (χ0) is 8.97. The first-order chi connectivity index (χ1) is 5.75. The first-order valence-electron chi connectivity index (χ1n) is 4.13.